The molecule has 0 saturated heterocycles. The second-order valence-corrected chi connectivity index (χ2v) is 7.35. The first-order chi connectivity index (χ1) is 10.2. The number of anilines is 1. The van der Waals surface area contributed by atoms with E-state index in [9.17, 15) is 4.79 Å². The summed E-state index contributed by atoms with van der Waals surface area (Å²) >= 11 is 7.49. The molecular formula is C14H19ClN4O2S. The molecule has 0 unspecified atom stereocenters. The summed E-state index contributed by atoms with van der Waals surface area (Å²) in [6, 6.07) is 2.01. The van der Waals surface area contributed by atoms with E-state index < -0.39 is 11.7 Å². The number of thiophene rings is 1. The van der Waals surface area contributed by atoms with Crippen molar-refractivity contribution in [2.75, 3.05) is 18.4 Å². The van der Waals surface area contributed by atoms with Crippen LogP contribution in [0.4, 0.5) is 10.6 Å². The van der Waals surface area contributed by atoms with E-state index in [4.69, 9.17) is 16.3 Å². The molecule has 0 aliphatic carbocycles. The lowest BCUT2D eigenvalue weighted by atomic mass is 10.2. The molecule has 2 heterocycles. The summed E-state index contributed by atoms with van der Waals surface area (Å²) in [7, 11) is 0. The number of fused-ring (bicyclic) bond motifs is 1. The number of halogens is 1. The lowest BCUT2D eigenvalue weighted by molar-refractivity contribution is 0.0530. The lowest BCUT2D eigenvalue weighted by Gasteiger charge is -2.19. The summed E-state index contributed by atoms with van der Waals surface area (Å²) in [6.07, 6.45) is -0.438. The number of ether oxygens (including phenoxy) is 1. The first-order valence-corrected chi connectivity index (χ1v) is 8.08. The molecule has 0 fully saturated rings. The highest BCUT2D eigenvalue weighted by molar-refractivity contribution is 7.18. The van der Waals surface area contributed by atoms with Gasteiger partial charge in [-0.1, -0.05) is 0 Å². The lowest BCUT2D eigenvalue weighted by Crippen LogP contribution is -2.35. The molecule has 120 valence electrons. The van der Waals surface area contributed by atoms with Gasteiger partial charge in [-0.05, 0) is 45.4 Å². The Morgan fingerprint density at radius 1 is 1.36 bits per heavy atom. The van der Waals surface area contributed by atoms with Crippen molar-refractivity contribution in [3.05, 3.63) is 16.2 Å². The Balaban J connectivity index is 1.91. The van der Waals surface area contributed by atoms with Crippen LogP contribution in [-0.4, -0.2) is 34.8 Å². The number of hydrogen-bond donors (Lipinski definition) is 2. The Bertz CT molecular complexity index is 681. The van der Waals surface area contributed by atoms with Crippen molar-refractivity contribution in [2.45, 2.75) is 33.3 Å². The van der Waals surface area contributed by atoms with Crippen molar-refractivity contribution < 1.29 is 9.53 Å². The topological polar surface area (TPSA) is 76.1 Å². The quantitative estimate of drug-likeness (QED) is 0.656. The van der Waals surface area contributed by atoms with Crippen LogP contribution in [0.3, 0.4) is 0 Å². The van der Waals surface area contributed by atoms with Crippen LogP contribution in [0.5, 0.6) is 0 Å². The van der Waals surface area contributed by atoms with E-state index in [1.54, 1.807) is 11.3 Å². The van der Waals surface area contributed by atoms with Crippen LogP contribution in [0.2, 0.25) is 5.28 Å². The van der Waals surface area contributed by atoms with Crippen molar-refractivity contribution >= 4 is 45.1 Å². The van der Waals surface area contributed by atoms with Crippen molar-refractivity contribution in [1.82, 2.24) is 15.3 Å². The van der Waals surface area contributed by atoms with E-state index in [1.807, 2.05) is 33.8 Å². The summed E-state index contributed by atoms with van der Waals surface area (Å²) in [5, 5.41) is 6.98. The van der Waals surface area contributed by atoms with Crippen LogP contribution in [0.25, 0.3) is 10.2 Å². The molecule has 6 nitrogen and oxygen atoms in total. The molecule has 0 aliphatic heterocycles. The zero-order valence-corrected chi connectivity index (χ0v) is 14.6. The van der Waals surface area contributed by atoms with Crippen molar-refractivity contribution in [3.63, 3.8) is 0 Å². The molecule has 0 bridgehead atoms. The van der Waals surface area contributed by atoms with E-state index in [0.717, 1.165) is 15.1 Å². The summed E-state index contributed by atoms with van der Waals surface area (Å²) in [4.78, 5) is 21.9. The molecule has 0 radical (unpaired) electrons. The van der Waals surface area contributed by atoms with E-state index in [2.05, 4.69) is 20.6 Å². The fourth-order valence-electron chi connectivity index (χ4n) is 1.81. The number of hydrogen-bond acceptors (Lipinski definition) is 6. The number of aromatic nitrogens is 2. The highest BCUT2D eigenvalue weighted by Gasteiger charge is 2.15. The predicted molar refractivity (Wildman–Crippen MR) is 89.9 cm³/mol. The maximum absolute atomic E-state index is 11.5. The van der Waals surface area contributed by atoms with Crippen LogP contribution in [0.15, 0.2) is 6.07 Å². The molecule has 0 saturated carbocycles. The number of nitrogens with one attached hydrogen (secondary N) is 2. The third-order valence-corrected chi connectivity index (χ3v) is 3.69. The second-order valence-electron chi connectivity index (χ2n) is 5.77. The van der Waals surface area contributed by atoms with Crippen molar-refractivity contribution in [1.29, 1.82) is 0 Å². The van der Waals surface area contributed by atoms with Gasteiger partial charge in [-0.25, -0.2) is 14.8 Å². The Morgan fingerprint density at radius 2 is 2.09 bits per heavy atom. The molecule has 2 aromatic rings. The zero-order chi connectivity index (χ0) is 16.3. The minimum absolute atomic E-state index is 0.206. The zero-order valence-electron chi connectivity index (χ0n) is 13.0. The standard InChI is InChI=1S/C14H19ClN4O2S/c1-8-7-9-10(18-12(15)19-11(9)22-8)16-5-6-17-13(20)21-14(2,3)4/h7H,5-6H2,1-4H3,(H,17,20)(H,16,18,19). The van der Waals surface area contributed by atoms with Crippen molar-refractivity contribution in [3.8, 4) is 0 Å². The van der Waals surface area contributed by atoms with Gasteiger partial charge in [0, 0.05) is 18.0 Å². The Hall–Kier alpha value is -1.60. The number of alkyl carbamates (subject to hydrolysis) is 1. The van der Waals surface area contributed by atoms with Crippen LogP contribution >= 0.6 is 22.9 Å². The SMILES string of the molecule is Cc1cc2c(NCCNC(=O)OC(C)(C)C)nc(Cl)nc2s1. The van der Waals surface area contributed by atoms with E-state index in [1.165, 1.54) is 0 Å². The van der Waals surface area contributed by atoms with Crippen LogP contribution < -0.4 is 10.6 Å². The number of aryl methyl sites for hydroxylation is 1. The third-order valence-electron chi connectivity index (χ3n) is 2.57. The summed E-state index contributed by atoms with van der Waals surface area (Å²) in [5.74, 6) is 0.672. The molecule has 8 heteroatoms. The first kappa shape index (κ1) is 16.8. The maximum atomic E-state index is 11.5. The van der Waals surface area contributed by atoms with E-state index >= 15 is 0 Å². The van der Waals surface area contributed by atoms with E-state index in [0.29, 0.717) is 18.9 Å². The van der Waals surface area contributed by atoms with Gasteiger partial charge in [-0.3, -0.25) is 0 Å². The molecule has 2 aromatic heterocycles. The number of amides is 1. The minimum atomic E-state index is -0.502. The van der Waals surface area contributed by atoms with Gasteiger partial charge in [0.1, 0.15) is 16.2 Å². The Labute approximate surface area is 138 Å². The first-order valence-electron chi connectivity index (χ1n) is 6.89. The van der Waals surface area contributed by atoms with Crippen molar-refractivity contribution in [2.24, 2.45) is 0 Å². The molecule has 1 amide bonds. The van der Waals surface area contributed by atoms with Gasteiger partial charge in [0.15, 0.2) is 0 Å². The van der Waals surface area contributed by atoms with Crippen LogP contribution in [-0.2, 0) is 4.74 Å². The van der Waals surface area contributed by atoms with Crippen LogP contribution in [0, 0.1) is 6.92 Å². The fourth-order valence-corrected chi connectivity index (χ4v) is 2.91. The largest absolute Gasteiger partial charge is 0.444 e. The second kappa shape index (κ2) is 6.66. The van der Waals surface area contributed by atoms with Gasteiger partial charge >= 0.3 is 6.09 Å². The molecular weight excluding hydrogens is 324 g/mol. The molecule has 22 heavy (non-hydrogen) atoms. The molecule has 0 aromatic carbocycles. The summed E-state index contributed by atoms with van der Waals surface area (Å²) in [6.45, 7) is 8.40. The average Bonchev–Trinajstić information content (AvgIpc) is 2.72. The molecule has 0 aliphatic rings. The average molecular weight is 343 g/mol. The van der Waals surface area contributed by atoms with Gasteiger partial charge in [-0.2, -0.15) is 0 Å². The molecule has 0 spiro atoms. The number of carbonyl (C=O) groups is 1. The molecule has 0 atom stereocenters. The fraction of sp³-hybridized carbons (Fsp3) is 0.500. The molecule has 2 N–H and O–H groups in total. The van der Waals surface area contributed by atoms with Gasteiger partial charge in [0.05, 0.1) is 5.39 Å². The summed E-state index contributed by atoms with van der Waals surface area (Å²) in [5.41, 5.74) is -0.502. The number of nitrogens with zero attached hydrogens (tertiary/aromatic N) is 2. The van der Waals surface area contributed by atoms with Crippen LogP contribution in [0.1, 0.15) is 25.6 Å². The highest BCUT2D eigenvalue weighted by Crippen LogP contribution is 2.29. The predicted octanol–water partition coefficient (Wildman–Crippen LogP) is 3.59. The van der Waals surface area contributed by atoms with Gasteiger partial charge < -0.3 is 15.4 Å². The number of carbonyl (C=O) groups excluding carboxylic acids is 1. The monoisotopic (exact) mass is 342 g/mol. The molecule has 2 rings (SSSR count). The van der Waals surface area contributed by atoms with Gasteiger partial charge in [-0.15, -0.1) is 11.3 Å². The Kier molecular flexibility index (Phi) is 5.08. The van der Waals surface area contributed by atoms with Gasteiger partial charge in [0.2, 0.25) is 5.28 Å². The van der Waals surface area contributed by atoms with Gasteiger partial charge in [0.25, 0.3) is 0 Å². The van der Waals surface area contributed by atoms with E-state index in [-0.39, 0.29) is 5.28 Å². The highest BCUT2D eigenvalue weighted by atomic mass is 35.5. The Morgan fingerprint density at radius 3 is 2.77 bits per heavy atom. The summed E-state index contributed by atoms with van der Waals surface area (Å²) < 4.78 is 5.16. The third kappa shape index (κ3) is 4.71. The maximum Gasteiger partial charge on any atom is 0.407 e. The normalized spacial score (nSPS) is 11.5. The number of rotatable bonds is 4. The smallest absolute Gasteiger partial charge is 0.407 e. The minimum Gasteiger partial charge on any atom is -0.444 e.